The Morgan fingerprint density at radius 1 is 1.29 bits per heavy atom. The summed E-state index contributed by atoms with van der Waals surface area (Å²) >= 11 is 3.47. The molecule has 0 N–H and O–H groups in total. The Kier molecular flexibility index (Phi) is 5.92. The van der Waals surface area contributed by atoms with Gasteiger partial charge in [0.2, 0.25) is 0 Å². The van der Waals surface area contributed by atoms with Crippen molar-refractivity contribution in [3.8, 4) is 0 Å². The number of nitrogens with zero attached hydrogens (tertiary/aromatic N) is 3. The fourth-order valence-corrected chi connectivity index (χ4v) is 4.08. The van der Waals surface area contributed by atoms with E-state index in [1.54, 1.807) is 23.1 Å². The van der Waals surface area contributed by atoms with Crippen molar-refractivity contribution in [2.75, 3.05) is 32.4 Å². The number of carbonyl (C=O) groups excluding carboxylic acids is 1. The molecular formula is C18H23N3OS2. The highest BCUT2D eigenvalue weighted by Gasteiger charge is 2.22. The normalized spacial score (nSPS) is 15.7. The minimum absolute atomic E-state index is 0.155. The summed E-state index contributed by atoms with van der Waals surface area (Å²) in [5.41, 5.74) is 3.16. The van der Waals surface area contributed by atoms with Crippen molar-refractivity contribution in [3.63, 3.8) is 0 Å². The smallest absolute Gasteiger partial charge is 0.253 e. The van der Waals surface area contributed by atoms with Crippen molar-refractivity contribution in [2.45, 2.75) is 19.2 Å². The van der Waals surface area contributed by atoms with Crippen LogP contribution in [0, 0.1) is 6.92 Å². The third kappa shape index (κ3) is 4.37. The summed E-state index contributed by atoms with van der Waals surface area (Å²) in [5, 5.41) is 3.24. The molecule has 128 valence electrons. The minimum Gasteiger partial charge on any atom is -0.336 e. The lowest BCUT2D eigenvalue weighted by Gasteiger charge is -2.34. The molecule has 1 saturated heterocycles. The Bertz CT molecular complexity index is 693. The topological polar surface area (TPSA) is 36.4 Å². The first-order valence-corrected chi connectivity index (χ1v) is 10.4. The quantitative estimate of drug-likeness (QED) is 0.819. The standard InChI is InChI=1S/C18H23N3OS2/c1-14-19-17(13-24-14)11-20-6-8-21(9-7-20)18(22)16-5-3-4-15(10-16)12-23-2/h3-5,10,13H,6-9,11-12H2,1-2H3. The van der Waals surface area contributed by atoms with Gasteiger partial charge in [-0.3, -0.25) is 9.69 Å². The highest BCUT2D eigenvalue weighted by molar-refractivity contribution is 7.97. The van der Waals surface area contributed by atoms with Gasteiger partial charge < -0.3 is 4.90 Å². The summed E-state index contributed by atoms with van der Waals surface area (Å²) in [6.07, 6.45) is 2.08. The Labute approximate surface area is 151 Å². The van der Waals surface area contributed by atoms with Gasteiger partial charge in [0.05, 0.1) is 10.7 Å². The van der Waals surface area contributed by atoms with Gasteiger partial charge in [0.1, 0.15) is 0 Å². The molecule has 0 aliphatic carbocycles. The molecule has 6 heteroatoms. The van der Waals surface area contributed by atoms with E-state index in [1.807, 2.05) is 30.0 Å². The molecule has 1 aliphatic heterocycles. The number of rotatable bonds is 5. The Hall–Kier alpha value is -1.37. The maximum atomic E-state index is 12.7. The van der Waals surface area contributed by atoms with E-state index in [1.165, 1.54) is 5.56 Å². The van der Waals surface area contributed by atoms with Crippen LogP contribution >= 0.6 is 23.1 Å². The summed E-state index contributed by atoms with van der Waals surface area (Å²) in [6, 6.07) is 8.03. The number of hydrogen-bond donors (Lipinski definition) is 0. The van der Waals surface area contributed by atoms with E-state index in [0.29, 0.717) is 0 Å². The molecular weight excluding hydrogens is 338 g/mol. The number of aromatic nitrogens is 1. The lowest BCUT2D eigenvalue weighted by Crippen LogP contribution is -2.48. The number of thiazole rings is 1. The molecule has 1 amide bonds. The van der Waals surface area contributed by atoms with Gasteiger partial charge in [0.15, 0.2) is 0 Å². The molecule has 24 heavy (non-hydrogen) atoms. The van der Waals surface area contributed by atoms with Crippen LogP contribution in [0.25, 0.3) is 0 Å². The van der Waals surface area contributed by atoms with Gasteiger partial charge in [-0.15, -0.1) is 11.3 Å². The average Bonchev–Trinajstić information content (AvgIpc) is 3.00. The minimum atomic E-state index is 0.155. The average molecular weight is 362 g/mol. The Morgan fingerprint density at radius 3 is 2.75 bits per heavy atom. The van der Waals surface area contributed by atoms with Crippen molar-refractivity contribution in [1.29, 1.82) is 0 Å². The van der Waals surface area contributed by atoms with E-state index < -0.39 is 0 Å². The van der Waals surface area contributed by atoms with E-state index in [-0.39, 0.29) is 5.91 Å². The van der Waals surface area contributed by atoms with Crippen molar-refractivity contribution in [1.82, 2.24) is 14.8 Å². The molecule has 1 aromatic carbocycles. The molecule has 0 saturated carbocycles. The predicted molar refractivity (Wildman–Crippen MR) is 102 cm³/mol. The van der Waals surface area contributed by atoms with Crippen LogP contribution in [0.5, 0.6) is 0 Å². The Balaban J connectivity index is 1.56. The SMILES string of the molecule is CSCc1cccc(C(=O)N2CCN(Cc3csc(C)n3)CC2)c1. The zero-order valence-electron chi connectivity index (χ0n) is 14.2. The van der Waals surface area contributed by atoms with E-state index in [2.05, 4.69) is 27.6 Å². The second kappa shape index (κ2) is 8.14. The van der Waals surface area contributed by atoms with Crippen LogP contribution < -0.4 is 0 Å². The second-order valence-corrected chi connectivity index (χ2v) is 7.99. The van der Waals surface area contributed by atoms with Crippen LogP contribution in [-0.2, 0) is 12.3 Å². The van der Waals surface area contributed by atoms with Crippen LogP contribution in [0.15, 0.2) is 29.6 Å². The largest absolute Gasteiger partial charge is 0.336 e. The first-order chi connectivity index (χ1) is 11.7. The molecule has 0 radical (unpaired) electrons. The number of piperazine rings is 1. The van der Waals surface area contributed by atoms with E-state index in [0.717, 1.165) is 54.7 Å². The van der Waals surface area contributed by atoms with Crippen molar-refractivity contribution < 1.29 is 4.79 Å². The zero-order chi connectivity index (χ0) is 16.9. The molecule has 3 rings (SSSR count). The van der Waals surface area contributed by atoms with Gasteiger partial charge in [-0.25, -0.2) is 4.98 Å². The molecule has 0 atom stereocenters. The molecule has 0 spiro atoms. The first-order valence-electron chi connectivity index (χ1n) is 8.16. The zero-order valence-corrected chi connectivity index (χ0v) is 15.8. The monoisotopic (exact) mass is 361 g/mol. The third-order valence-electron chi connectivity index (χ3n) is 4.20. The van der Waals surface area contributed by atoms with Gasteiger partial charge in [0.25, 0.3) is 5.91 Å². The number of benzene rings is 1. The summed E-state index contributed by atoms with van der Waals surface area (Å²) in [4.78, 5) is 21.6. The maximum absolute atomic E-state index is 12.7. The molecule has 4 nitrogen and oxygen atoms in total. The Morgan fingerprint density at radius 2 is 2.08 bits per heavy atom. The molecule has 2 aromatic rings. The van der Waals surface area contributed by atoms with E-state index in [4.69, 9.17) is 0 Å². The first kappa shape index (κ1) is 17.5. The van der Waals surface area contributed by atoms with Crippen LogP contribution in [0.2, 0.25) is 0 Å². The lowest BCUT2D eigenvalue weighted by atomic mass is 10.1. The summed E-state index contributed by atoms with van der Waals surface area (Å²) in [6.45, 7) is 6.31. The van der Waals surface area contributed by atoms with Gasteiger partial charge >= 0.3 is 0 Å². The number of carbonyl (C=O) groups is 1. The lowest BCUT2D eigenvalue weighted by molar-refractivity contribution is 0.0627. The second-order valence-electron chi connectivity index (χ2n) is 6.06. The molecule has 2 heterocycles. The van der Waals surface area contributed by atoms with Crippen LogP contribution in [-0.4, -0.2) is 53.1 Å². The number of thioether (sulfide) groups is 1. The summed E-state index contributed by atoms with van der Waals surface area (Å²) in [7, 11) is 0. The molecule has 1 fully saturated rings. The van der Waals surface area contributed by atoms with Crippen molar-refractivity contribution in [3.05, 3.63) is 51.5 Å². The summed E-state index contributed by atoms with van der Waals surface area (Å²) < 4.78 is 0. The predicted octanol–water partition coefficient (Wildman–Crippen LogP) is 3.27. The van der Waals surface area contributed by atoms with Crippen LogP contribution in [0.4, 0.5) is 0 Å². The van der Waals surface area contributed by atoms with E-state index in [9.17, 15) is 4.79 Å². The number of hydrogen-bond acceptors (Lipinski definition) is 5. The van der Waals surface area contributed by atoms with Crippen molar-refractivity contribution >= 4 is 29.0 Å². The van der Waals surface area contributed by atoms with Gasteiger partial charge in [-0.2, -0.15) is 11.8 Å². The van der Waals surface area contributed by atoms with Crippen LogP contribution in [0.1, 0.15) is 26.6 Å². The molecule has 1 aromatic heterocycles. The maximum Gasteiger partial charge on any atom is 0.253 e. The van der Waals surface area contributed by atoms with E-state index >= 15 is 0 Å². The molecule has 1 aliphatic rings. The fraction of sp³-hybridized carbons (Fsp3) is 0.444. The van der Waals surface area contributed by atoms with Gasteiger partial charge in [-0.1, -0.05) is 12.1 Å². The summed E-state index contributed by atoms with van der Waals surface area (Å²) in [5.74, 6) is 1.10. The molecule has 0 bridgehead atoms. The van der Waals surface area contributed by atoms with Gasteiger partial charge in [-0.05, 0) is 30.9 Å². The van der Waals surface area contributed by atoms with Crippen LogP contribution in [0.3, 0.4) is 0 Å². The van der Waals surface area contributed by atoms with Gasteiger partial charge in [0, 0.05) is 49.4 Å². The number of aryl methyl sites for hydroxylation is 1. The highest BCUT2D eigenvalue weighted by atomic mass is 32.2. The van der Waals surface area contributed by atoms with Crippen molar-refractivity contribution in [2.24, 2.45) is 0 Å². The molecule has 0 unspecified atom stereocenters. The third-order valence-corrected chi connectivity index (χ3v) is 5.64. The number of amides is 1. The highest BCUT2D eigenvalue weighted by Crippen LogP contribution is 2.16. The fourth-order valence-electron chi connectivity index (χ4n) is 2.96.